The van der Waals surface area contributed by atoms with Crippen LogP contribution in [0.15, 0.2) is 42.5 Å². The Bertz CT molecular complexity index is 784. The maximum Gasteiger partial charge on any atom is 0.161 e. The Balaban J connectivity index is 1.24. The normalized spacial score (nSPS) is 18.9. The number of phenolic OH excluding ortho intramolecular Hbond substituents is 1. The van der Waals surface area contributed by atoms with E-state index in [1.807, 2.05) is 30.3 Å². The first-order valence-electron chi connectivity index (χ1n) is 10.8. The van der Waals surface area contributed by atoms with E-state index in [-0.39, 0.29) is 0 Å². The van der Waals surface area contributed by atoms with Gasteiger partial charge < -0.3 is 24.6 Å². The number of phenols is 1. The Morgan fingerprint density at radius 2 is 1.69 bits per heavy atom. The van der Waals surface area contributed by atoms with E-state index in [4.69, 9.17) is 9.47 Å². The Kier molecular flexibility index (Phi) is 6.57. The summed E-state index contributed by atoms with van der Waals surface area (Å²) < 4.78 is 11.4. The van der Waals surface area contributed by atoms with Gasteiger partial charge in [0.15, 0.2) is 11.5 Å². The number of aryl methyl sites for hydroxylation is 1. The van der Waals surface area contributed by atoms with E-state index in [1.165, 1.54) is 24.8 Å². The van der Waals surface area contributed by atoms with Crippen LogP contribution < -0.4 is 9.47 Å². The first kappa shape index (κ1) is 20.0. The molecule has 1 saturated heterocycles. The van der Waals surface area contributed by atoms with Crippen LogP contribution in [0.3, 0.4) is 0 Å². The van der Waals surface area contributed by atoms with Crippen molar-refractivity contribution in [3.8, 4) is 17.2 Å². The number of fused-ring (bicyclic) bond motifs is 1. The number of β-amino-alcohol motifs (C(OH)–C–C–N with tert-alkyl or cyclic N) is 1. The van der Waals surface area contributed by atoms with Crippen LogP contribution >= 0.6 is 0 Å². The number of piperidine rings is 1. The van der Waals surface area contributed by atoms with Crippen LogP contribution in [-0.4, -0.2) is 48.0 Å². The van der Waals surface area contributed by atoms with Crippen LogP contribution in [0, 0.1) is 5.92 Å². The number of aromatic hydroxyl groups is 1. The highest BCUT2D eigenvalue weighted by atomic mass is 16.5. The maximum atomic E-state index is 10.7. The summed E-state index contributed by atoms with van der Waals surface area (Å²) in [7, 11) is 0. The summed E-state index contributed by atoms with van der Waals surface area (Å²) in [6.45, 7) is 4.05. The van der Waals surface area contributed by atoms with Crippen molar-refractivity contribution in [1.29, 1.82) is 0 Å². The zero-order chi connectivity index (χ0) is 20.1. The summed E-state index contributed by atoms with van der Waals surface area (Å²) >= 11 is 0. The quantitative estimate of drug-likeness (QED) is 0.773. The van der Waals surface area contributed by atoms with Gasteiger partial charge in [0.05, 0.1) is 19.3 Å². The van der Waals surface area contributed by atoms with Crippen molar-refractivity contribution in [3.63, 3.8) is 0 Å². The molecule has 2 N–H and O–H groups in total. The molecule has 1 fully saturated rings. The maximum absolute atomic E-state index is 10.7. The number of aliphatic hydroxyl groups is 1. The zero-order valence-electron chi connectivity index (χ0n) is 16.9. The van der Waals surface area contributed by atoms with Crippen LogP contribution in [0.4, 0.5) is 0 Å². The van der Waals surface area contributed by atoms with Crippen LogP contribution in [-0.2, 0) is 6.42 Å². The van der Waals surface area contributed by atoms with Crippen LogP contribution in [0.1, 0.15) is 42.9 Å². The second-order valence-electron chi connectivity index (χ2n) is 8.22. The van der Waals surface area contributed by atoms with Gasteiger partial charge in [-0.2, -0.15) is 0 Å². The van der Waals surface area contributed by atoms with Gasteiger partial charge in [-0.1, -0.05) is 18.2 Å². The summed E-state index contributed by atoms with van der Waals surface area (Å²) in [6.07, 6.45) is 4.96. The molecule has 0 aliphatic carbocycles. The number of benzene rings is 2. The lowest BCUT2D eigenvalue weighted by Gasteiger charge is -2.33. The molecule has 156 valence electrons. The predicted octanol–water partition coefficient (Wildman–Crippen LogP) is 3.93. The molecule has 2 aliphatic rings. The van der Waals surface area contributed by atoms with Gasteiger partial charge in [-0.3, -0.25) is 0 Å². The third kappa shape index (κ3) is 5.43. The minimum absolute atomic E-state index is 0.328. The van der Waals surface area contributed by atoms with Gasteiger partial charge in [-0.05, 0) is 80.1 Å². The second kappa shape index (κ2) is 9.51. The fraction of sp³-hybridized carbons (Fsp3) is 0.500. The van der Waals surface area contributed by atoms with E-state index in [0.29, 0.717) is 25.5 Å². The van der Waals surface area contributed by atoms with E-state index in [1.54, 1.807) is 12.1 Å². The molecule has 1 atom stereocenters. The first-order chi connectivity index (χ1) is 14.2. The van der Waals surface area contributed by atoms with Gasteiger partial charge >= 0.3 is 0 Å². The molecule has 5 heteroatoms. The highest BCUT2D eigenvalue weighted by Gasteiger charge is 2.22. The molecule has 0 spiro atoms. The number of ether oxygens (including phenoxy) is 2. The van der Waals surface area contributed by atoms with E-state index in [2.05, 4.69) is 4.90 Å². The van der Waals surface area contributed by atoms with Crippen molar-refractivity contribution in [3.05, 3.63) is 53.6 Å². The molecule has 1 unspecified atom stereocenters. The lowest BCUT2D eigenvalue weighted by atomic mass is 9.90. The Labute approximate surface area is 172 Å². The summed E-state index contributed by atoms with van der Waals surface area (Å²) in [5, 5.41) is 20.1. The minimum Gasteiger partial charge on any atom is -0.508 e. The SMILES string of the molecule is Oc1ccc(CCC2CCN(CC(O)c3ccc4c(c3)OCCCO4)CC2)cc1. The van der Waals surface area contributed by atoms with Crippen LogP contribution in [0.25, 0.3) is 0 Å². The Morgan fingerprint density at radius 3 is 2.45 bits per heavy atom. The Morgan fingerprint density at radius 1 is 0.966 bits per heavy atom. The van der Waals surface area contributed by atoms with E-state index < -0.39 is 6.10 Å². The highest BCUT2D eigenvalue weighted by Crippen LogP contribution is 2.33. The molecule has 5 nitrogen and oxygen atoms in total. The monoisotopic (exact) mass is 397 g/mol. The molecular weight excluding hydrogens is 366 g/mol. The molecule has 2 aliphatic heterocycles. The molecule has 2 aromatic carbocycles. The van der Waals surface area contributed by atoms with Crippen molar-refractivity contribution in [2.45, 2.75) is 38.2 Å². The van der Waals surface area contributed by atoms with Gasteiger partial charge in [0.25, 0.3) is 0 Å². The van der Waals surface area contributed by atoms with E-state index >= 15 is 0 Å². The van der Waals surface area contributed by atoms with Crippen LogP contribution in [0.5, 0.6) is 17.2 Å². The second-order valence-corrected chi connectivity index (χ2v) is 8.22. The van der Waals surface area contributed by atoms with Gasteiger partial charge in [0.2, 0.25) is 0 Å². The lowest BCUT2D eigenvalue weighted by Crippen LogP contribution is -2.36. The van der Waals surface area contributed by atoms with Crippen molar-refractivity contribution >= 4 is 0 Å². The molecule has 2 aromatic rings. The summed E-state index contributed by atoms with van der Waals surface area (Å²) in [5.41, 5.74) is 2.18. The molecule has 2 heterocycles. The van der Waals surface area contributed by atoms with Crippen molar-refractivity contribution in [2.75, 3.05) is 32.8 Å². The minimum atomic E-state index is -0.513. The third-order valence-corrected chi connectivity index (χ3v) is 6.07. The lowest BCUT2D eigenvalue weighted by molar-refractivity contribution is 0.0879. The molecule has 4 rings (SSSR count). The molecule has 0 radical (unpaired) electrons. The third-order valence-electron chi connectivity index (χ3n) is 6.07. The number of hydrogen-bond donors (Lipinski definition) is 2. The highest BCUT2D eigenvalue weighted by molar-refractivity contribution is 5.44. The number of aliphatic hydroxyl groups excluding tert-OH is 1. The number of rotatable bonds is 6. The fourth-order valence-corrected chi connectivity index (χ4v) is 4.23. The number of likely N-dealkylation sites (tertiary alicyclic amines) is 1. The predicted molar refractivity (Wildman–Crippen MR) is 113 cm³/mol. The van der Waals surface area contributed by atoms with Gasteiger partial charge in [-0.15, -0.1) is 0 Å². The van der Waals surface area contributed by atoms with Gasteiger partial charge in [0, 0.05) is 13.0 Å². The largest absolute Gasteiger partial charge is 0.508 e. The fourth-order valence-electron chi connectivity index (χ4n) is 4.23. The molecule has 0 amide bonds. The average Bonchev–Trinajstić information content (AvgIpc) is 2.99. The summed E-state index contributed by atoms with van der Waals surface area (Å²) in [4.78, 5) is 2.37. The molecule has 0 aromatic heterocycles. The summed E-state index contributed by atoms with van der Waals surface area (Å²) in [5.74, 6) is 2.57. The van der Waals surface area contributed by atoms with Crippen LogP contribution in [0.2, 0.25) is 0 Å². The number of hydrogen-bond acceptors (Lipinski definition) is 5. The summed E-state index contributed by atoms with van der Waals surface area (Å²) in [6, 6.07) is 13.3. The smallest absolute Gasteiger partial charge is 0.161 e. The standard InChI is InChI=1S/C24H31NO4/c26-21-7-4-18(5-8-21)2-3-19-10-12-25(13-11-19)17-22(27)20-6-9-23-24(16-20)29-15-1-14-28-23/h4-9,16,19,22,26-27H,1-3,10-15,17H2. The van der Waals surface area contributed by atoms with E-state index in [9.17, 15) is 10.2 Å². The molecule has 29 heavy (non-hydrogen) atoms. The molecule has 0 saturated carbocycles. The van der Waals surface area contributed by atoms with Crippen molar-refractivity contribution in [2.24, 2.45) is 5.92 Å². The molecule has 0 bridgehead atoms. The average molecular weight is 398 g/mol. The Hall–Kier alpha value is -2.24. The molecular formula is C24H31NO4. The number of nitrogens with zero attached hydrogens (tertiary/aromatic N) is 1. The zero-order valence-corrected chi connectivity index (χ0v) is 16.9. The first-order valence-corrected chi connectivity index (χ1v) is 10.8. The van der Waals surface area contributed by atoms with E-state index in [0.717, 1.165) is 48.9 Å². The topological polar surface area (TPSA) is 62.2 Å². The van der Waals surface area contributed by atoms with Crippen molar-refractivity contribution < 1.29 is 19.7 Å². The van der Waals surface area contributed by atoms with Gasteiger partial charge in [0.1, 0.15) is 5.75 Å². The van der Waals surface area contributed by atoms with Gasteiger partial charge in [-0.25, -0.2) is 0 Å². The van der Waals surface area contributed by atoms with Crippen molar-refractivity contribution in [1.82, 2.24) is 4.90 Å².